The van der Waals surface area contributed by atoms with Gasteiger partial charge in [0, 0.05) is 52.6 Å². The lowest BCUT2D eigenvalue weighted by Gasteiger charge is -2.32. The van der Waals surface area contributed by atoms with E-state index >= 15 is 0 Å². The van der Waals surface area contributed by atoms with E-state index in [1.54, 1.807) is 17.0 Å². The highest BCUT2D eigenvalue weighted by molar-refractivity contribution is 6.07. The minimum Gasteiger partial charge on any atom is -0.346 e. The van der Waals surface area contributed by atoms with Crippen molar-refractivity contribution in [3.63, 3.8) is 0 Å². The fourth-order valence-electron chi connectivity index (χ4n) is 8.63. The minimum atomic E-state index is -4.59. The zero-order valence-corrected chi connectivity index (χ0v) is 31.6. The summed E-state index contributed by atoms with van der Waals surface area (Å²) in [5, 5.41) is 0.886. The molecule has 56 heavy (non-hydrogen) atoms. The number of carbonyl (C=O) groups excluding carboxylic acids is 2. The highest BCUT2D eigenvalue weighted by Crippen LogP contribution is 2.44. The van der Waals surface area contributed by atoms with Crippen molar-refractivity contribution >= 4 is 22.6 Å². The van der Waals surface area contributed by atoms with E-state index in [9.17, 15) is 35.9 Å². The number of ketones is 1. The molecule has 0 N–H and O–H groups in total. The van der Waals surface area contributed by atoms with Crippen molar-refractivity contribution in [2.75, 3.05) is 6.54 Å². The Balaban J connectivity index is 1.31. The lowest BCUT2D eigenvalue weighted by atomic mass is 9.76. The first-order valence-corrected chi connectivity index (χ1v) is 18.7. The number of halogens is 6. The molecule has 10 heteroatoms. The topological polar surface area (TPSA) is 42.3 Å². The quantitative estimate of drug-likeness (QED) is 0.117. The van der Waals surface area contributed by atoms with Crippen LogP contribution in [-0.2, 0) is 25.3 Å². The maximum absolute atomic E-state index is 14.9. The number of aryl methyl sites for hydroxylation is 1. The predicted molar refractivity (Wildman–Crippen MR) is 206 cm³/mol. The van der Waals surface area contributed by atoms with Crippen molar-refractivity contribution in [2.45, 2.75) is 77.8 Å². The van der Waals surface area contributed by atoms with Crippen molar-refractivity contribution in [3.05, 3.63) is 165 Å². The van der Waals surface area contributed by atoms with Crippen LogP contribution in [0.15, 0.2) is 109 Å². The first-order chi connectivity index (χ1) is 26.5. The Morgan fingerprint density at radius 1 is 0.768 bits per heavy atom. The van der Waals surface area contributed by atoms with Crippen molar-refractivity contribution < 1.29 is 35.9 Å². The molecule has 5 aromatic rings. The van der Waals surface area contributed by atoms with E-state index in [-0.39, 0.29) is 29.1 Å². The number of hydrogen-bond acceptors (Lipinski definition) is 2. The van der Waals surface area contributed by atoms with E-state index < -0.39 is 46.6 Å². The Morgan fingerprint density at radius 3 is 2.18 bits per heavy atom. The number of rotatable bonds is 8. The molecule has 4 aromatic carbocycles. The van der Waals surface area contributed by atoms with E-state index in [0.717, 1.165) is 51.4 Å². The van der Waals surface area contributed by atoms with Crippen LogP contribution in [0.1, 0.15) is 84.0 Å². The van der Waals surface area contributed by atoms with Crippen molar-refractivity contribution in [1.29, 1.82) is 0 Å². The van der Waals surface area contributed by atoms with Gasteiger partial charge in [0.15, 0.2) is 5.78 Å². The van der Waals surface area contributed by atoms with Gasteiger partial charge in [-0.05, 0) is 111 Å². The molecule has 1 aliphatic heterocycles. The number of benzene rings is 4. The second-order valence-corrected chi connectivity index (χ2v) is 15.3. The zero-order valence-electron chi connectivity index (χ0n) is 31.6. The Kier molecular flexibility index (Phi) is 10.1. The van der Waals surface area contributed by atoms with Gasteiger partial charge in [-0.1, -0.05) is 72.8 Å². The van der Waals surface area contributed by atoms with Gasteiger partial charge in [-0.3, -0.25) is 9.59 Å². The lowest BCUT2D eigenvalue weighted by Crippen LogP contribution is -2.43. The minimum absolute atomic E-state index is 0.0326. The first-order valence-electron chi connectivity index (χ1n) is 18.7. The van der Waals surface area contributed by atoms with Gasteiger partial charge >= 0.3 is 12.4 Å². The average Bonchev–Trinajstić information content (AvgIpc) is 3.75. The number of nitrogens with zero attached hydrogens (tertiary/aromatic N) is 2. The molecule has 1 aliphatic carbocycles. The van der Waals surface area contributed by atoms with Crippen LogP contribution >= 0.6 is 0 Å². The van der Waals surface area contributed by atoms with Gasteiger partial charge in [0.1, 0.15) is 6.04 Å². The average molecular weight is 769 g/mol. The van der Waals surface area contributed by atoms with Crippen LogP contribution in [0.4, 0.5) is 26.3 Å². The molecule has 0 bridgehead atoms. The van der Waals surface area contributed by atoms with Gasteiger partial charge in [0.25, 0.3) is 5.91 Å². The molecular weight excluding hydrogens is 727 g/mol. The third-order valence-corrected chi connectivity index (χ3v) is 11.9. The number of Topliss-reactive ketones (excluding diaryl/α,β-unsaturated/α-hetero) is 1. The standard InChI is InChI=1S/C46H42F6N2O2/c1-28-11-10-13-35(29(28)2)43(56)54-24-21-37(41(54)42(55)34-19-20-39(46(50,51)52)31(4)30(34)3)38-26-53(40-14-7-6-12-36(38)40)27-44(22-8-5-9-23-44)25-32-15-17-33(18-16-32)45(47,48)49/h5-20,22,26,37,41H,21,23-25,27H2,1-4H3. The van der Waals surface area contributed by atoms with Gasteiger partial charge in [-0.25, -0.2) is 0 Å². The zero-order chi connectivity index (χ0) is 40.2. The lowest BCUT2D eigenvalue weighted by molar-refractivity contribution is -0.138. The molecule has 1 amide bonds. The van der Waals surface area contributed by atoms with E-state index in [1.165, 1.54) is 32.0 Å². The number of carbonyl (C=O) groups is 2. The summed E-state index contributed by atoms with van der Waals surface area (Å²) in [7, 11) is 0. The van der Waals surface area contributed by atoms with Crippen LogP contribution in [0.25, 0.3) is 10.9 Å². The fraction of sp³-hybridized carbons (Fsp3) is 0.304. The summed E-state index contributed by atoms with van der Waals surface area (Å²) in [5.74, 6) is -1.22. The first kappa shape index (κ1) is 38.9. The second-order valence-electron chi connectivity index (χ2n) is 15.3. The summed E-state index contributed by atoms with van der Waals surface area (Å²) < 4.78 is 84.0. The highest BCUT2D eigenvalue weighted by Gasteiger charge is 2.45. The molecule has 0 spiro atoms. The van der Waals surface area contributed by atoms with Crippen LogP contribution in [0.5, 0.6) is 0 Å². The van der Waals surface area contributed by atoms with Gasteiger partial charge in [-0.15, -0.1) is 0 Å². The molecule has 1 fully saturated rings. The van der Waals surface area contributed by atoms with E-state index in [2.05, 4.69) is 10.6 Å². The van der Waals surface area contributed by atoms with Gasteiger partial charge in [0.05, 0.1) is 11.1 Å². The maximum atomic E-state index is 14.9. The molecule has 3 atom stereocenters. The van der Waals surface area contributed by atoms with Crippen molar-refractivity contribution in [2.24, 2.45) is 5.41 Å². The van der Waals surface area contributed by atoms with Gasteiger partial charge in [0.2, 0.25) is 0 Å². The van der Waals surface area contributed by atoms with Crippen molar-refractivity contribution in [3.8, 4) is 0 Å². The largest absolute Gasteiger partial charge is 0.416 e. The van der Waals surface area contributed by atoms with Crippen LogP contribution in [0.2, 0.25) is 0 Å². The number of likely N-dealkylation sites (tertiary alicyclic amines) is 1. The van der Waals surface area contributed by atoms with Gasteiger partial charge < -0.3 is 9.47 Å². The third kappa shape index (κ3) is 7.21. The van der Waals surface area contributed by atoms with Crippen LogP contribution in [0.3, 0.4) is 0 Å². The van der Waals surface area contributed by atoms with E-state index in [0.29, 0.717) is 31.4 Å². The normalized spacial score (nSPS) is 19.9. The molecule has 1 aromatic heterocycles. The number of aromatic nitrogens is 1. The summed E-state index contributed by atoms with van der Waals surface area (Å²) in [4.78, 5) is 30.9. The number of fused-ring (bicyclic) bond motifs is 1. The van der Waals surface area contributed by atoms with Crippen LogP contribution in [-0.4, -0.2) is 33.7 Å². The molecule has 290 valence electrons. The number of alkyl halides is 6. The van der Waals surface area contributed by atoms with Crippen LogP contribution < -0.4 is 0 Å². The summed E-state index contributed by atoms with van der Waals surface area (Å²) >= 11 is 0. The maximum Gasteiger partial charge on any atom is 0.416 e. The molecule has 2 heterocycles. The van der Waals surface area contributed by atoms with Crippen LogP contribution in [0, 0.1) is 33.1 Å². The van der Waals surface area contributed by atoms with Crippen molar-refractivity contribution in [1.82, 2.24) is 9.47 Å². The summed E-state index contributed by atoms with van der Waals surface area (Å²) in [6.45, 7) is 7.39. The Morgan fingerprint density at radius 2 is 1.50 bits per heavy atom. The number of para-hydroxylation sites is 1. The SMILES string of the molecule is Cc1cccc(C(=O)N2CCC(c3cn(CC4(Cc5ccc(C(F)(F)F)cc5)C=CC=CC4)c4ccccc34)C2C(=O)c2ccc(C(F)(F)F)c(C)c2C)c1C. The molecule has 0 saturated carbocycles. The molecule has 4 nitrogen and oxygen atoms in total. The Hall–Kier alpha value is -5.38. The molecule has 0 radical (unpaired) electrons. The second kappa shape index (κ2) is 14.6. The molecule has 1 saturated heterocycles. The smallest absolute Gasteiger partial charge is 0.346 e. The van der Waals surface area contributed by atoms with Gasteiger partial charge in [-0.2, -0.15) is 26.3 Å². The number of hydrogen-bond donors (Lipinski definition) is 0. The van der Waals surface area contributed by atoms with E-state index in [4.69, 9.17) is 0 Å². The molecular formula is C46H42F6N2O2. The third-order valence-electron chi connectivity index (χ3n) is 11.9. The Bertz CT molecular complexity index is 2380. The number of amides is 1. The predicted octanol–water partition coefficient (Wildman–Crippen LogP) is 11.5. The summed E-state index contributed by atoms with van der Waals surface area (Å²) in [6.07, 6.45) is 2.60. The monoisotopic (exact) mass is 768 g/mol. The molecule has 3 unspecified atom stereocenters. The highest BCUT2D eigenvalue weighted by atomic mass is 19.4. The fourth-order valence-corrected chi connectivity index (χ4v) is 8.63. The molecule has 7 rings (SSSR count). The summed E-state index contributed by atoms with van der Waals surface area (Å²) in [6, 6.07) is 19.7. The Labute approximate surface area is 322 Å². The van der Waals surface area contributed by atoms with E-state index in [1.807, 2.05) is 68.6 Å². The molecule has 2 aliphatic rings. The summed E-state index contributed by atoms with van der Waals surface area (Å²) in [5.41, 5.74) is 3.01. The number of allylic oxidation sites excluding steroid dienone is 4.